The number of hydrogen-bond acceptors (Lipinski definition) is 4. The summed E-state index contributed by atoms with van der Waals surface area (Å²) in [5, 5.41) is 24.6. The molecule has 0 unspecified atom stereocenters. The minimum atomic E-state index is -1.32. The Kier molecular flexibility index (Phi) is 11.0. The average Bonchev–Trinajstić information content (AvgIpc) is 3.08. The Bertz CT molecular complexity index is 1450. The molecule has 0 saturated carbocycles. The zero-order chi connectivity index (χ0) is 30.8. The number of rotatable bonds is 8. The van der Waals surface area contributed by atoms with E-state index in [1.807, 2.05) is 182 Å². The first-order chi connectivity index (χ1) is 21.5. The molecule has 0 spiro atoms. The molecule has 0 N–H and O–H groups in total. The van der Waals surface area contributed by atoms with E-state index in [4.69, 9.17) is 0 Å². The Labute approximate surface area is 276 Å². The van der Waals surface area contributed by atoms with Crippen LogP contribution in [0.1, 0.15) is 33.4 Å². The second-order valence-corrected chi connectivity index (χ2v) is 10.3. The Morgan fingerprint density at radius 3 is 0.556 bits per heavy atom. The molecule has 0 aliphatic rings. The number of carbonyl (C=O) groups excluding carboxylic acids is 2. The zero-order valence-electron chi connectivity index (χ0n) is 24.7. The van der Waals surface area contributed by atoms with Gasteiger partial charge in [0.25, 0.3) is 0 Å². The topological polar surface area (TPSA) is 80.3 Å². The van der Waals surface area contributed by atoms with E-state index in [2.05, 4.69) is 0 Å². The van der Waals surface area contributed by atoms with Crippen LogP contribution in [-0.4, -0.2) is 11.9 Å². The first-order valence-electron chi connectivity index (χ1n) is 14.3. The number of carboxylic acid groups (broad SMARTS) is 2. The molecule has 0 atom stereocenters. The maximum atomic E-state index is 12.3. The Hall–Kier alpha value is -5.12. The summed E-state index contributed by atoms with van der Waals surface area (Å²) in [4.78, 5) is 24.6. The van der Waals surface area contributed by atoms with Gasteiger partial charge in [-0.3, -0.25) is 0 Å². The van der Waals surface area contributed by atoms with Crippen LogP contribution in [0.15, 0.2) is 182 Å². The van der Waals surface area contributed by atoms with Crippen molar-refractivity contribution >= 4 is 11.9 Å². The first kappa shape index (κ1) is 32.8. The maximum absolute atomic E-state index is 12.3. The predicted molar refractivity (Wildman–Crippen MR) is 168 cm³/mol. The molecule has 0 aromatic heterocycles. The molecular formula is C40H30O4Zn. The van der Waals surface area contributed by atoms with Crippen LogP contribution in [0.25, 0.3) is 0 Å². The molecular weight excluding hydrogens is 610 g/mol. The van der Waals surface area contributed by atoms with Crippen LogP contribution in [0.5, 0.6) is 0 Å². The molecule has 0 fully saturated rings. The van der Waals surface area contributed by atoms with E-state index in [0.717, 1.165) is 0 Å². The molecule has 4 nitrogen and oxygen atoms in total. The second kappa shape index (κ2) is 15.1. The average molecular weight is 640 g/mol. The van der Waals surface area contributed by atoms with E-state index in [9.17, 15) is 19.8 Å². The van der Waals surface area contributed by atoms with Crippen LogP contribution in [0.2, 0.25) is 0 Å². The van der Waals surface area contributed by atoms with Crippen molar-refractivity contribution in [2.75, 3.05) is 0 Å². The predicted octanol–water partition coefficient (Wildman–Crippen LogP) is 5.54. The van der Waals surface area contributed by atoms with Gasteiger partial charge in [0.15, 0.2) is 0 Å². The van der Waals surface area contributed by atoms with E-state index >= 15 is 0 Å². The fourth-order valence-electron chi connectivity index (χ4n) is 5.84. The largest absolute Gasteiger partial charge is 2.00 e. The molecule has 0 amide bonds. The van der Waals surface area contributed by atoms with Crippen LogP contribution in [0, 0.1) is 0 Å². The van der Waals surface area contributed by atoms with Gasteiger partial charge in [-0.05, 0) is 33.4 Å². The van der Waals surface area contributed by atoms with Gasteiger partial charge >= 0.3 is 19.5 Å². The second-order valence-electron chi connectivity index (χ2n) is 10.3. The van der Waals surface area contributed by atoms with Gasteiger partial charge in [0, 0.05) is 0 Å². The van der Waals surface area contributed by atoms with E-state index in [-0.39, 0.29) is 19.5 Å². The van der Waals surface area contributed by atoms with Crippen molar-refractivity contribution in [2.45, 2.75) is 10.8 Å². The van der Waals surface area contributed by atoms with E-state index in [0.29, 0.717) is 33.4 Å². The molecule has 0 aliphatic carbocycles. The van der Waals surface area contributed by atoms with Crippen LogP contribution < -0.4 is 10.2 Å². The van der Waals surface area contributed by atoms with Gasteiger partial charge < -0.3 is 19.8 Å². The summed E-state index contributed by atoms with van der Waals surface area (Å²) in [5.41, 5.74) is 1.49. The molecule has 216 valence electrons. The van der Waals surface area contributed by atoms with Crippen LogP contribution >= 0.6 is 0 Å². The van der Waals surface area contributed by atoms with Gasteiger partial charge in [0.2, 0.25) is 0 Å². The summed E-state index contributed by atoms with van der Waals surface area (Å²) in [6, 6.07) is 55.4. The normalized spacial score (nSPS) is 10.8. The molecule has 0 saturated heterocycles. The third-order valence-electron chi connectivity index (χ3n) is 7.85. The standard InChI is InChI=1S/2C20H16O2.Zn/c2*21-19(22)20(16-10-4-1-5-11-16,17-12-6-2-7-13-17)18-14-8-3-9-15-18;/h2*1-15H,(H,21,22);/q;;+2/p-2. The van der Waals surface area contributed by atoms with E-state index in [1.54, 1.807) is 0 Å². The quantitative estimate of drug-likeness (QED) is 0.162. The molecule has 6 aromatic carbocycles. The van der Waals surface area contributed by atoms with Crippen molar-refractivity contribution in [2.24, 2.45) is 0 Å². The van der Waals surface area contributed by atoms with Gasteiger partial charge in [-0.15, -0.1) is 0 Å². The van der Waals surface area contributed by atoms with Gasteiger partial charge in [-0.2, -0.15) is 0 Å². The van der Waals surface area contributed by atoms with Gasteiger partial charge in [0.1, 0.15) is 0 Å². The fraction of sp³-hybridized carbons (Fsp3) is 0.0500. The minimum Gasteiger partial charge on any atom is -0.548 e. The molecule has 5 heteroatoms. The molecule has 0 aliphatic heterocycles. The Morgan fingerprint density at radius 1 is 0.311 bits per heavy atom. The van der Waals surface area contributed by atoms with Gasteiger partial charge in [0.05, 0.1) is 22.8 Å². The first-order valence-corrected chi connectivity index (χ1v) is 14.3. The summed E-state index contributed by atoms with van der Waals surface area (Å²) in [6.45, 7) is 0. The van der Waals surface area contributed by atoms with Crippen molar-refractivity contribution in [1.29, 1.82) is 0 Å². The van der Waals surface area contributed by atoms with Crippen molar-refractivity contribution in [3.63, 3.8) is 0 Å². The summed E-state index contributed by atoms with van der Waals surface area (Å²) in [5.74, 6) is -2.26. The zero-order valence-corrected chi connectivity index (χ0v) is 27.6. The number of carboxylic acids is 2. The monoisotopic (exact) mass is 638 g/mol. The van der Waals surface area contributed by atoms with Crippen LogP contribution in [0.3, 0.4) is 0 Å². The molecule has 0 bridgehead atoms. The van der Waals surface area contributed by atoms with E-state index < -0.39 is 22.8 Å². The van der Waals surface area contributed by atoms with Crippen molar-refractivity contribution in [1.82, 2.24) is 0 Å². The van der Waals surface area contributed by atoms with Gasteiger partial charge in [-0.25, -0.2) is 0 Å². The third kappa shape index (κ3) is 6.40. The molecule has 45 heavy (non-hydrogen) atoms. The number of hydrogen-bond donors (Lipinski definition) is 0. The fourth-order valence-corrected chi connectivity index (χ4v) is 5.84. The summed E-state index contributed by atoms with van der Waals surface area (Å²) in [6.07, 6.45) is 0. The maximum Gasteiger partial charge on any atom is 2.00 e. The SMILES string of the molecule is O=C([O-])C(c1ccccc1)(c1ccccc1)c1ccccc1.O=C([O-])C(c1ccccc1)(c1ccccc1)c1ccccc1.[Zn+2]. The number of benzene rings is 6. The number of carbonyl (C=O) groups is 2. The van der Waals surface area contributed by atoms with Crippen LogP contribution in [-0.2, 0) is 39.9 Å². The Morgan fingerprint density at radius 2 is 0.444 bits per heavy atom. The van der Waals surface area contributed by atoms with Crippen LogP contribution in [0.4, 0.5) is 0 Å². The van der Waals surface area contributed by atoms with Crippen molar-refractivity contribution < 1.29 is 39.3 Å². The smallest absolute Gasteiger partial charge is 0.548 e. The van der Waals surface area contributed by atoms with Crippen molar-refractivity contribution in [3.05, 3.63) is 215 Å². The minimum absolute atomic E-state index is 0. The number of aliphatic carboxylic acids is 2. The van der Waals surface area contributed by atoms with Crippen molar-refractivity contribution in [3.8, 4) is 0 Å². The third-order valence-corrected chi connectivity index (χ3v) is 7.85. The molecule has 0 heterocycles. The summed E-state index contributed by atoms with van der Waals surface area (Å²) < 4.78 is 0. The summed E-state index contributed by atoms with van der Waals surface area (Å²) >= 11 is 0. The van der Waals surface area contributed by atoms with Gasteiger partial charge in [-0.1, -0.05) is 182 Å². The molecule has 6 aromatic rings. The Balaban J connectivity index is 0.000000200. The molecule has 0 radical (unpaired) electrons. The molecule has 6 rings (SSSR count). The van der Waals surface area contributed by atoms with E-state index in [1.165, 1.54) is 0 Å². The summed E-state index contributed by atoms with van der Waals surface area (Å²) in [7, 11) is 0.